The van der Waals surface area contributed by atoms with Gasteiger partial charge in [-0.25, -0.2) is 4.79 Å². The van der Waals surface area contributed by atoms with Gasteiger partial charge in [-0.3, -0.25) is 4.79 Å². The molecule has 4 rings (SSSR count). The second-order valence-electron chi connectivity index (χ2n) is 7.19. The summed E-state index contributed by atoms with van der Waals surface area (Å²) in [5, 5.41) is 2.87. The average Bonchev–Trinajstić information content (AvgIpc) is 2.92. The van der Waals surface area contributed by atoms with Crippen molar-refractivity contribution in [2.24, 2.45) is 7.05 Å². The summed E-state index contributed by atoms with van der Waals surface area (Å²) < 4.78 is 1.49. The first-order valence-electron chi connectivity index (χ1n) is 9.06. The zero-order chi connectivity index (χ0) is 18.3. The van der Waals surface area contributed by atoms with E-state index in [1.165, 1.54) is 15.7 Å². The highest BCUT2D eigenvalue weighted by atomic mass is 16.2. The van der Waals surface area contributed by atoms with Crippen LogP contribution in [0.2, 0.25) is 0 Å². The maximum Gasteiger partial charge on any atom is 0.322 e. The van der Waals surface area contributed by atoms with Crippen molar-refractivity contribution >= 4 is 17.3 Å². The molecule has 0 radical (unpaired) electrons. The van der Waals surface area contributed by atoms with Crippen molar-refractivity contribution < 1.29 is 4.79 Å². The summed E-state index contributed by atoms with van der Waals surface area (Å²) in [6, 6.07) is 12.3. The molecule has 2 aliphatic rings. The number of anilines is 1. The third kappa shape index (κ3) is 2.83. The highest BCUT2D eigenvalue weighted by molar-refractivity contribution is 5.91. The van der Waals surface area contributed by atoms with Crippen LogP contribution in [0.3, 0.4) is 0 Å². The predicted molar refractivity (Wildman–Crippen MR) is 103 cm³/mol. The molecule has 1 N–H and O–H groups in total. The summed E-state index contributed by atoms with van der Waals surface area (Å²) in [7, 11) is 1.69. The van der Waals surface area contributed by atoms with Crippen LogP contribution < -0.4 is 10.9 Å². The fourth-order valence-corrected chi connectivity index (χ4v) is 4.06. The Labute approximate surface area is 152 Å². The molecule has 5 nitrogen and oxygen atoms in total. The van der Waals surface area contributed by atoms with Crippen LogP contribution in [0.25, 0.3) is 5.57 Å². The number of nitrogens with zero attached hydrogens (tertiary/aromatic N) is 2. The normalized spacial score (nSPS) is 21.5. The van der Waals surface area contributed by atoms with Crippen LogP contribution in [-0.2, 0) is 7.05 Å². The van der Waals surface area contributed by atoms with Gasteiger partial charge in [0, 0.05) is 19.3 Å². The molecule has 26 heavy (non-hydrogen) atoms. The molecule has 3 heterocycles. The Morgan fingerprint density at radius 3 is 2.65 bits per heavy atom. The number of aromatic nitrogens is 1. The third-order valence-electron chi connectivity index (χ3n) is 5.48. The number of pyridine rings is 1. The first-order valence-corrected chi connectivity index (χ1v) is 9.06. The number of carbonyl (C=O) groups is 1. The molecule has 1 fully saturated rings. The van der Waals surface area contributed by atoms with Crippen molar-refractivity contribution in [3.05, 3.63) is 70.2 Å². The van der Waals surface area contributed by atoms with E-state index in [-0.39, 0.29) is 23.7 Å². The Balaban J connectivity index is 1.58. The van der Waals surface area contributed by atoms with Crippen LogP contribution in [0.1, 0.15) is 30.4 Å². The molecule has 134 valence electrons. The van der Waals surface area contributed by atoms with Crippen LogP contribution in [0.4, 0.5) is 10.5 Å². The lowest BCUT2D eigenvalue weighted by Gasteiger charge is -2.34. The molecule has 0 spiro atoms. The number of hydrogen-bond acceptors (Lipinski definition) is 2. The number of urea groups is 1. The molecular weight excluding hydrogens is 326 g/mol. The van der Waals surface area contributed by atoms with Gasteiger partial charge in [0.05, 0.1) is 6.04 Å². The van der Waals surface area contributed by atoms with Crippen LogP contribution >= 0.6 is 0 Å². The maximum absolute atomic E-state index is 12.9. The molecule has 1 aromatic heterocycles. The van der Waals surface area contributed by atoms with Crippen molar-refractivity contribution in [1.29, 1.82) is 0 Å². The van der Waals surface area contributed by atoms with Crippen LogP contribution in [0, 0.1) is 6.92 Å². The van der Waals surface area contributed by atoms with Crippen molar-refractivity contribution in [3.63, 3.8) is 0 Å². The molecule has 2 atom stereocenters. The zero-order valence-electron chi connectivity index (χ0n) is 15.1. The van der Waals surface area contributed by atoms with Gasteiger partial charge in [-0.2, -0.15) is 0 Å². The largest absolute Gasteiger partial charge is 0.322 e. The highest BCUT2D eigenvalue weighted by Crippen LogP contribution is 2.38. The van der Waals surface area contributed by atoms with Crippen LogP contribution in [0.5, 0.6) is 0 Å². The van der Waals surface area contributed by atoms with E-state index < -0.39 is 0 Å². The van der Waals surface area contributed by atoms with E-state index in [0.717, 1.165) is 24.8 Å². The average molecular weight is 349 g/mol. The molecule has 1 saturated heterocycles. The summed E-state index contributed by atoms with van der Waals surface area (Å²) in [6.07, 6.45) is 6.76. The van der Waals surface area contributed by atoms with Crippen molar-refractivity contribution in [3.8, 4) is 0 Å². The lowest BCUT2D eigenvalue weighted by Crippen LogP contribution is -2.46. The number of rotatable bonds is 2. The molecule has 2 bridgehead atoms. The number of benzene rings is 1. The Bertz CT molecular complexity index is 930. The van der Waals surface area contributed by atoms with Gasteiger partial charge in [0.2, 0.25) is 0 Å². The van der Waals surface area contributed by atoms with E-state index in [4.69, 9.17) is 0 Å². The summed E-state index contributed by atoms with van der Waals surface area (Å²) in [6.45, 7) is 1.84. The SMILES string of the molecule is Cc1ccn(C)c(=O)c1NC(=O)N1C2C=C(c3ccccc3)CC1CC2. The second-order valence-corrected chi connectivity index (χ2v) is 7.19. The number of carbonyl (C=O) groups excluding carboxylic acids is 1. The standard InChI is InChI=1S/C21H23N3O2/c1-14-10-11-23(2)20(25)19(14)22-21(26)24-17-8-9-18(24)13-16(12-17)15-6-4-3-5-7-15/h3-7,10-12,17-18H,8-9,13H2,1-2H3,(H,22,26). The number of fused-ring (bicyclic) bond motifs is 2. The summed E-state index contributed by atoms with van der Waals surface area (Å²) in [5.41, 5.74) is 3.53. The first-order chi connectivity index (χ1) is 12.5. The van der Waals surface area contributed by atoms with Gasteiger partial charge in [-0.15, -0.1) is 0 Å². The zero-order valence-corrected chi connectivity index (χ0v) is 15.1. The van der Waals surface area contributed by atoms with E-state index in [1.807, 2.05) is 36.1 Å². The van der Waals surface area contributed by atoms with Gasteiger partial charge in [0.25, 0.3) is 5.56 Å². The van der Waals surface area contributed by atoms with Crippen LogP contribution in [0.15, 0.2) is 53.5 Å². The Morgan fingerprint density at radius 1 is 1.15 bits per heavy atom. The van der Waals surface area contributed by atoms with Crippen molar-refractivity contribution in [2.45, 2.75) is 38.3 Å². The van der Waals surface area contributed by atoms with E-state index in [0.29, 0.717) is 5.69 Å². The van der Waals surface area contributed by atoms with E-state index >= 15 is 0 Å². The molecule has 0 aliphatic carbocycles. The molecule has 2 amide bonds. The fraction of sp³-hybridized carbons (Fsp3) is 0.333. The lowest BCUT2D eigenvalue weighted by molar-refractivity contribution is 0.193. The number of aryl methyl sites for hydroxylation is 2. The topological polar surface area (TPSA) is 54.3 Å². The third-order valence-corrected chi connectivity index (χ3v) is 5.48. The van der Waals surface area contributed by atoms with Gasteiger partial charge >= 0.3 is 6.03 Å². The first kappa shape index (κ1) is 16.6. The van der Waals surface area contributed by atoms with Crippen molar-refractivity contribution in [2.75, 3.05) is 5.32 Å². The second kappa shape index (κ2) is 6.48. The summed E-state index contributed by atoms with van der Waals surface area (Å²) in [4.78, 5) is 27.2. The molecule has 0 saturated carbocycles. The smallest absolute Gasteiger partial charge is 0.317 e. The number of amides is 2. The van der Waals surface area contributed by atoms with Gasteiger partial charge in [-0.1, -0.05) is 36.4 Å². The monoisotopic (exact) mass is 349 g/mol. The van der Waals surface area contributed by atoms with Gasteiger partial charge < -0.3 is 14.8 Å². The van der Waals surface area contributed by atoms with Gasteiger partial charge in [0.1, 0.15) is 5.69 Å². The summed E-state index contributed by atoms with van der Waals surface area (Å²) in [5.74, 6) is 0. The minimum Gasteiger partial charge on any atom is -0.317 e. The molecule has 5 heteroatoms. The van der Waals surface area contributed by atoms with Gasteiger partial charge in [0.15, 0.2) is 0 Å². The number of hydrogen-bond donors (Lipinski definition) is 1. The molecule has 2 unspecified atom stereocenters. The molecular formula is C21H23N3O2. The minimum absolute atomic E-state index is 0.0943. The molecule has 1 aromatic carbocycles. The Hall–Kier alpha value is -2.82. The maximum atomic E-state index is 12.9. The quantitative estimate of drug-likeness (QED) is 0.901. The van der Waals surface area contributed by atoms with E-state index in [1.54, 1.807) is 13.2 Å². The summed E-state index contributed by atoms with van der Waals surface area (Å²) >= 11 is 0. The minimum atomic E-state index is -0.178. The molecule has 2 aliphatic heterocycles. The number of nitrogens with one attached hydrogen (secondary N) is 1. The Kier molecular flexibility index (Phi) is 4.15. The predicted octanol–water partition coefficient (Wildman–Crippen LogP) is 3.55. The van der Waals surface area contributed by atoms with Crippen LogP contribution in [-0.4, -0.2) is 27.6 Å². The molecule has 2 aromatic rings. The lowest BCUT2D eigenvalue weighted by atomic mass is 9.95. The van der Waals surface area contributed by atoms with E-state index in [9.17, 15) is 9.59 Å². The van der Waals surface area contributed by atoms with Gasteiger partial charge in [-0.05, 0) is 49.0 Å². The van der Waals surface area contributed by atoms with Crippen molar-refractivity contribution in [1.82, 2.24) is 9.47 Å². The Morgan fingerprint density at radius 2 is 1.92 bits per heavy atom. The highest BCUT2D eigenvalue weighted by Gasteiger charge is 2.40. The fourth-order valence-electron chi connectivity index (χ4n) is 4.06. The van der Waals surface area contributed by atoms with E-state index in [2.05, 4.69) is 23.5 Å².